The smallest absolute Gasteiger partial charge is 0.254 e. The van der Waals surface area contributed by atoms with Crippen LogP contribution in [0.1, 0.15) is 34.3 Å². The Labute approximate surface area is 158 Å². The molecule has 0 N–H and O–H groups in total. The average Bonchev–Trinajstić information content (AvgIpc) is 2.97. The molecule has 3 aliphatic rings. The van der Waals surface area contributed by atoms with E-state index in [1.54, 1.807) is 24.0 Å². The SMILES string of the molecule is Cc1ccc(C(=O)N2C[C@@H]3CC[C@H](C2)N(Cc2ccccc2)C3=O)cc1F. The lowest BCUT2D eigenvalue weighted by Crippen LogP contribution is -2.47. The molecular formula is C22H23FN2O2. The summed E-state index contributed by atoms with van der Waals surface area (Å²) in [6, 6.07) is 14.5. The Balaban J connectivity index is 1.56. The van der Waals surface area contributed by atoms with Crippen molar-refractivity contribution in [1.82, 2.24) is 9.80 Å². The van der Waals surface area contributed by atoms with Crippen molar-refractivity contribution in [3.05, 3.63) is 71.0 Å². The van der Waals surface area contributed by atoms with Crippen LogP contribution in [-0.2, 0) is 11.3 Å². The quantitative estimate of drug-likeness (QED) is 0.835. The third-order valence-electron chi connectivity index (χ3n) is 5.70. The van der Waals surface area contributed by atoms with Crippen LogP contribution < -0.4 is 0 Å². The van der Waals surface area contributed by atoms with Crippen LogP contribution in [0.25, 0.3) is 0 Å². The van der Waals surface area contributed by atoms with E-state index in [9.17, 15) is 14.0 Å². The molecule has 0 aliphatic carbocycles. The van der Waals surface area contributed by atoms with Gasteiger partial charge in [0.15, 0.2) is 0 Å². The zero-order valence-electron chi connectivity index (χ0n) is 15.4. The first-order valence-corrected chi connectivity index (χ1v) is 9.43. The molecule has 4 nitrogen and oxygen atoms in total. The van der Waals surface area contributed by atoms with Crippen LogP contribution in [0, 0.1) is 18.7 Å². The topological polar surface area (TPSA) is 40.6 Å². The molecule has 27 heavy (non-hydrogen) atoms. The highest BCUT2D eigenvalue weighted by atomic mass is 19.1. The van der Waals surface area contributed by atoms with Crippen LogP contribution in [0.5, 0.6) is 0 Å². The predicted molar refractivity (Wildman–Crippen MR) is 101 cm³/mol. The third kappa shape index (κ3) is 3.46. The number of rotatable bonds is 3. The Morgan fingerprint density at radius 3 is 2.63 bits per heavy atom. The summed E-state index contributed by atoms with van der Waals surface area (Å²) in [7, 11) is 0. The molecule has 3 saturated heterocycles. The molecule has 3 aliphatic heterocycles. The molecule has 0 unspecified atom stereocenters. The van der Waals surface area contributed by atoms with Gasteiger partial charge in [0.25, 0.3) is 5.91 Å². The zero-order valence-corrected chi connectivity index (χ0v) is 15.4. The summed E-state index contributed by atoms with van der Waals surface area (Å²) in [6.45, 7) is 3.16. The fourth-order valence-corrected chi connectivity index (χ4v) is 4.10. The number of nitrogens with zero attached hydrogens (tertiary/aromatic N) is 2. The van der Waals surface area contributed by atoms with Crippen molar-refractivity contribution >= 4 is 11.8 Å². The Kier molecular flexibility index (Phi) is 4.68. The highest BCUT2D eigenvalue weighted by molar-refractivity contribution is 5.95. The maximum atomic E-state index is 13.9. The molecule has 2 atom stereocenters. The molecule has 5 heteroatoms. The number of carbonyl (C=O) groups excluding carboxylic acids is 2. The molecule has 0 radical (unpaired) electrons. The number of aryl methyl sites for hydroxylation is 1. The van der Waals surface area contributed by atoms with Gasteiger partial charge in [0.2, 0.25) is 5.91 Å². The van der Waals surface area contributed by atoms with Crippen molar-refractivity contribution in [2.24, 2.45) is 5.92 Å². The fraction of sp³-hybridized carbons (Fsp3) is 0.364. The van der Waals surface area contributed by atoms with E-state index in [4.69, 9.17) is 0 Å². The number of piperidine rings is 1. The van der Waals surface area contributed by atoms with E-state index in [-0.39, 0.29) is 29.6 Å². The minimum atomic E-state index is -0.375. The maximum absolute atomic E-state index is 13.9. The van der Waals surface area contributed by atoms with E-state index in [2.05, 4.69) is 0 Å². The van der Waals surface area contributed by atoms with Gasteiger partial charge >= 0.3 is 0 Å². The lowest BCUT2D eigenvalue weighted by atomic mass is 9.93. The predicted octanol–water partition coefficient (Wildman–Crippen LogP) is 3.40. The van der Waals surface area contributed by atoms with Crippen molar-refractivity contribution in [3.8, 4) is 0 Å². The summed E-state index contributed by atoms with van der Waals surface area (Å²) in [5.41, 5.74) is 1.96. The number of benzene rings is 2. The number of fused-ring (bicyclic) bond motifs is 4. The van der Waals surface area contributed by atoms with Gasteiger partial charge in [-0.2, -0.15) is 0 Å². The zero-order chi connectivity index (χ0) is 19.0. The van der Waals surface area contributed by atoms with Crippen molar-refractivity contribution in [3.63, 3.8) is 0 Å². The number of hydrogen-bond acceptors (Lipinski definition) is 2. The molecule has 3 fully saturated rings. The van der Waals surface area contributed by atoms with Crippen LogP contribution in [0.2, 0.25) is 0 Å². The van der Waals surface area contributed by atoms with Crippen LogP contribution in [0.15, 0.2) is 48.5 Å². The first-order valence-electron chi connectivity index (χ1n) is 9.43. The van der Waals surface area contributed by atoms with Gasteiger partial charge in [-0.15, -0.1) is 0 Å². The van der Waals surface area contributed by atoms with Crippen LogP contribution in [0.3, 0.4) is 0 Å². The monoisotopic (exact) mass is 366 g/mol. The summed E-state index contributed by atoms with van der Waals surface area (Å²) in [6.07, 6.45) is 1.70. The largest absolute Gasteiger partial charge is 0.336 e. The molecular weight excluding hydrogens is 343 g/mol. The van der Waals surface area contributed by atoms with Gasteiger partial charge in [0, 0.05) is 31.2 Å². The lowest BCUT2D eigenvalue weighted by molar-refractivity contribution is -0.140. The molecule has 140 valence electrons. The summed E-state index contributed by atoms with van der Waals surface area (Å²) >= 11 is 0. The van der Waals surface area contributed by atoms with Crippen LogP contribution in [-0.4, -0.2) is 40.7 Å². The third-order valence-corrected chi connectivity index (χ3v) is 5.70. The van der Waals surface area contributed by atoms with E-state index >= 15 is 0 Å². The lowest BCUT2D eigenvalue weighted by Gasteiger charge is -2.36. The average molecular weight is 366 g/mol. The summed E-state index contributed by atoms with van der Waals surface area (Å²) in [5, 5.41) is 0. The van der Waals surface area contributed by atoms with Crippen LogP contribution in [0.4, 0.5) is 4.39 Å². The van der Waals surface area contributed by atoms with Crippen LogP contribution >= 0.6 is 0 Å². The minimum absolute atomic E-state index is 0.00991. The summed E-state index contributed by atoms with van der Waals surface area (Å²) in [4.78, 5) is 29.5. The highest BCUT2D eigenvalue weighted by Gasteiger charge is 2.41. The molecule has 0 saturated carbocycles. The highest BCUT2D eigenvalue weighted by Crippen LogP contribution is 2.31. The summed E-state index contributed by atoms with van der Waals surface area (Å²) in [5.74, 6) is -0.618. The number of amides is 2. The molecule has 2 aromatic rings. The van der Waals surface area contributed by atoms with Gasteiger partial charge in [0.05, 0.1) is 5.92 Å². The normalized spacial score (nSPS) is 22.1. The van der Waals surface area contributed by atoms with Gasteiger partial charge in [-0.1, -0.05) is 36.4 Å². The Morgan fingerprint density at radius 1 is 1.11 bits per heavy atom. The van der Waals surface area contributed by atoms with E-state index in [1.165, 1.54) is 6.07 Å². The summed E-state index contributed by atoms with van der Waals surface area (Å²) < 4.78 is 13.9. The molecule has 0 spiro atoms. The second kappa shape index (κ2) is 7.14. The van der Waals surface area contributed by atoms with Gasteiger partial charge in [-0.05, 0) is 43.0 Å². The van der Waals surface area contributed by atoms with E-state index in [0.29, 0.717) is 30.8 Å². The number of halogens is 1. The van der Waals surface area contributed by atoms with E-state index < -0.39 is 0 Å². The Hall–Kier alpha value is -2.69. The van der Waals surface area contributed by atoms with Gasteiger partial charge in [0.1, 0.15) is 5.82 Å². The van der Waals surface area contributed by atoms with E-state index in [1.807, 2.05) is 35.2 Å². The van der Waals surface area contributed by atoms with Crippen molar-refractivity contribution in [2.75, 3.05) is 13.1 Å². The molecule has 0 aromatic heterocycles. The standard InChI is InChI=1S/C22H23FN2O2/c1-15-7-8-17(11-20(15)23)21(26)24-13-18-9-10-19(14-24)25(22(18)27)12-16-5-3-2-4-6-16/h2-8,11,18-19H,9-10,12-14H2,1H3/t18-,19+/m0/s1. The number of hydrogen-bond donors (Lipinski definition) is 0. The van der Waals surface area contributed by atoms with Gasteiger partial charge in [-0.25, -0.2) is 4.39 Å². The second-order valence-electron chi connectivity index (χ2n) is 7.55. The minimum Gasteiger partial charge on any atom is -0.336 e. The Bertz CT molecular complexity index is 868. The molecule has 2 bridgehead atoms. The Morgan fingerprint density at radius 2 is 1.89 bits per heavy atom. The first-order chi connectivity index (χ1) is 13.0. The van der Waals surface area contributed by atoms with E-state index in [0.717, 1.165) is 18.4 Å². The van der Waals surface area contributed by atoms with Gasteiger partial charge in [-0.3, -0.25) is 9.59 Å². The molecule has 2 aromatic carbocycles. The molecule has 2 amide bonds. The first kappa shape index (κ1) is 17.7. The van der Waals surface area contributed by atoms with Crippen molar-refractivity contribution in [2.45, 2.75) is 32.4 Å². The van der Waals surface area contributed by atoms with Crippen molar-refractivity contribution in [1.29, 1.82) is 0 Å². The molecule has 3 heterocycles. The number of carbonyl (C=O) groups is 2. The fourth-order valence-electron chi connectivity index (χ4n) is 4.10. The maximum Gasteiger partial charge on any atom is 0.254 e. The second-order valence-corrected chi connectivity index (χ2v) is 7.55. The van der Waals surface area contributed by atoms with Crippen molar-refractivity contribution < 1.29 is 14.0 Å². The molecule has 5 rings (SSSR count). The van der Waals surface area contributed by atoms with Gasteiger partial charge < -0.3 is 9.80 Å².